The minimum absolute atomic E-state index is 0.167. The van der Waals surface area contributed by atoms with E-state index in [9.17, 15) is 36.7 Å². The first kappa shape index (κ1) is 31.7. The molecule has 13 heteroatoms. The van der Waals surface area contributed by atoms with Crippen molar-refractivity contribution < 1.29 is 31.9 Å². The van der Waals surface area contributed by atoms with Gasteiger partial charge in [0.2, 0.25) is 17.7 Å². The third-order valence-corrected chi connectivity index (χ3v) is 10.7. The molecular formula is C33H27F4N3O4S2. The zero-order valence-corrected chi connectivity index (χ0v) is 26.4. The monoisotopic (exact) mass is 669 g/mol. The van der Waals surface area contributed by atoms with Gasteiger partial charge in [0.05, 0.1) is 27.9 Å². The molecule has 2 aliphatic rings. The van der Waals surface area contributed by atoms with Crippen molar-refractivity contribution >= 4 is 52.2 Å². The predicted octanol–water partition coefficient (Wildman–Crippen LogP) is 6.80. The first-order valence-electron chi connectivity index (χ1n) is 14.2. The summed E-state index contributed by atoms with van der Waals surface area (Å²) in [6.45, 7) is 5.55. The molecule has 0 aliphatic carbocycles. The van der Waals surface area contributed by atoms with Crippen LogP contribution in [0, 0.1) is 11.7 Å². The second-order valence-corrected chi connectivity index (χ2v) is 14.2. The average Bonchev–Trinajstić information content (AvgIpc) is 3.43. The van der Waals surface area contributed by atoms with Crippen molar-refractivity contribution in [2.24, 2.45) is 5.92 Å². The van der Waals surface area contributed by atoms with Crippen LogP contribution in [0.15, 0.2) is 82.6 Å². The number of carbonyl (C=O) groups is 3. The molecule has 1 saturated heterocycles. The fourth-order valence-corrected chi connectivity index (χ4v) is 8.60. The van der Waals surface area contributed by atoms with Gasteiger partial charge in [0.25, 0.3) is 0 Å². The summed E-state index contributed by atoms with van der Waals surface area (Å²) in [5, 5.41) is 1.58. The van der Waals surface area contributed by atoms with Crippen LogP contribution in [0.5, 0.6) is 0 Å². The molecule has 46 heavy (non-hydrogen) atoms. The molecule has 4 aromatic rings. The summed E-state index contributed by atoms with van der Waals surface area (Å²) >= 11 is 1.81. The number of nitrogens with one attached hydrogen (secondary N) is 1. The smallest absolute Gasteiger partial charge is 0.324 e. The highest BCUT2D eigenvalue weighted by molar-refractivity contribution is 8.00. The van der Waals surface area contributed by atoms with Gasteiger partial charge in [-0.15, -0.1) is 0 Å². The van der Waals surface area contributed by atoms with E-state index >= 15 is 0 Å². The molecule has 0 bridgehead atoms. The second kappa shape index (κ2) is 11.5. The summed E-state index contributed by atoms with van der Waals surface area (Å²) < 4.78 is 55.4. The van der Waals surface area contributed by atoms with Crippen molar-refractivity contribution in [3.63, 3.8) is 0 Å². The van der Waals surface area contributed by atoms with Crippen LogP contribution in [0.25, 0.3) is 0 Å². The Balaban J connectivity index is 1.41. The van der Waals surface area contributed by atoms with E-state index in [2.05, 4.69) is 26.1 Å². The lowest BCUT2D eigenvalue weighted by molar-refractivity contribution is -0.137. The fourth-order valence-electron chi connectivity index (χ4n) is 5.82. The number of aromatic nitrogens is 1. The summed E-state index contributed by atoms with van der Waals surface area (Å²) in [6.07, 6.45) is -4.71. The number of halogens is 4. The molecule has 238 valence electrons. The molecular weight excluding hydrogens is 643 g/mol. The maximum absolute atomic E-state index is 14.0. The average molecular weight is 670 g/mol. The topological polar surface area (TPSA) is 88.5 Å². The van der Waals surface area contributed by atoms with E-state index < -0.39 is 69.5 Å². The maximum Gasteiger partial charge on any atom is 0.418 e. The molecule has 0 radical (unpaired) electrons. The minimum Gasteiger partial charge on any atom is -0.324 e. The number of anilines is 2. The van der Waals surface area contributed by atoms with Crippen molar-refractivity contribution in [2.75, 3.05) is 10.2 Å². The Labute approximate surface area is 269 Å². The number of carbonyl (C=O) groups excluding carboxylic acids is 3. The first-order valence-corrected chi connectivity index (χ1v) is 15.9. The number of thiazole rings is 1. The molecule has 3 heterocycles. The van der Waals surface area contributed by atoms with Gasteiger partial charge in [-0.25, -0.2) is 9.29 Å². The number of benzene rings is 3. The molecule has 3 aromatic carbocycles. The SMILES string of the molecule is CC(C)(C)c1ccc([C@@H]2c3sc(=O)n(CC(=O)Nc4ccccc4C(F)(F)F)c3S[C@H]3C(=O)N(c4ccc(F)cc4)C(=O)[C@@H]23)cc1. The Morgan fingerprint density at radius 2 is 1.54 bits per heavy atom. The number of hydrogen-bond donors (Lipinski definition) is 1. The number of nitrogens with zero attached hydrogens (tertiary/aromatic N) is 2. The van der Waals surface area contributed by atoms with E-state index in [1.54, 1.807) is 0 Å². The molecule has 0 unspecified atom stereocenters. The lowest BCUT2D eigenvalue weighted by atomic mass is 9.81. The van der Waals surface area contributed by atoms with Crippen molar-refractivity contribution in [3.05, 3.63) is 110 Å². The number of amides is 3. The summed E-state index contributed by atoms with van der Waals surface area (Å²) in [7, 11) is 0. The van der Waals surface area contributed by atoms with Crippen LogP contribution in [-0.4, -0.2) is 27.5 Å². The summed E-state index contributed by atoms with van der Waals surface area (Å²) in [6, 6.07) is 17.1. The van der Waals surface area contributed by atoms with Gasteiger partial charge < -0.3 is 5.32 Å². The molecule has 0 saturated carbocycles. The van der Waals surface area contributed by atoms with E-state index in [0.717, 1.165) is 62.4 Å². The van der Waals surface area contributed by atoms with Crippen LogP contribution < -0.4 is 15.1 Å². The third-order valence-electron chi connectivity index (χ3n) is 8.08. The molecule has 3 amide bonds. The molecule has 2 aliphatic heterocycles. The number of thioether (sulfide) groups is 1. The van der Waals surface area contributed by atoms with Crippen LogP contribution in [0.2, 0.25) is 0 Å². The van der Waals surface area contributed by atoms with E-state index in [1.807, 2.05) is 24.3 Å². The lowest BCUT2D eigenvalue weighted by Gasteiger charge is -2.31. The molecule has 0 spiro atoms. The zero-order valence-electron chi connectivity index (χ0n) is 24.7. The quantitative estimate of drug-likeness (QED) is 0.187. The first-order chi connectivity index (χ1) is 21.6. The molecule has 1 fully saturated rings. The van der Waals surface area contributed by atoms with Crippen LogP contribution in [-0.2, 0) is 32.5 Å². The van der Waals surface area contributed by atoms with Gasteiger partial charge in [0.15, 0.2) is 0 Å². The van der Waals surface area contributed by atoms with Gasteiger partial charge in [0, 0.05) is 10.8 Å². The highest BCUT2D eigenvalue weighted by atomic mass is 32.2. The van der Waals surface area contributed by atoms with Gasteiger partial charge in [-0.05, 0) is 52.9 Å². The zero-order chi connectivity index (χ0) is 33.1. The molecule has 1 N–H and O–H groups in total. The summed E-state index contributed by atoms with van der Waals surface area (Å²) in [5.74, 6) is -4.09. The van der Waals surface area contributed by atoms with Crippen molar-refractivity contribution in [1.29, 1.82) is 0 Å². The van der Waals surface area contributed by atoms with E-state index in [1.165, 1.54) is 24.3 Å². The molecule has 3 atom stereocenters. The third kappa shape index (κ3) is 5.66. The number of hydrogen-bond acceptors (Lipinski definition) is 6. The Morgan fingerprint density at radius 3 is 2.17 bits per heavy atom. The lowest BCUT2D eigenvalue weighted by Crippen LogP contribution is -2.33. The fraction of sp³-hybridized carbons (Fsp3) is 0.273. The number of para-hydroxylation sites is 1. The number of imide groups is 1. The normalized spacial score (nSPS) is 19.6. The predicted molar refractivity (Wildman–Crippen MR) is 168 cm³/mol. The van der Waals surface area contributed by atoms with E-state index in [-0.39, 0.29) is 11.1 Å². The van der Waals surface area contributed by atoms with Crippen molar-refractivity contribution in [2.45, 2.75) is 55.1 Å². The molecule has 7 nitrogen and oxygen atoms in total. The van der Waals surface area contributed by atoms with Gasteiger partial charge in [-0.3, -0.25) is 23.7 Å². The maximum atomic E-state index is 14.0. The summed E-state index contributed by atoms with van der Waals surface area (Å²) in [4.78, 5) is 55.3. The van der Waals surface area contributed by atoms with Crippen LogP contribution in [0.4, 0.5) is 28.9 Å². The molecule has 1 aromatic heterocycles. The van der Waals surface area contributed by atoms with Gasteiger partial charge in [-0.2, -0.15) is 13.2 Å². The van der Waals surface area contributed by atoms with Crippen molar-refractivity contribution in [1.82, 2.24) is 4.57 Å². The Bertz CT molecular complexity index is 1910. The summed E-state index contributed by atoms with van der Waals surface area (Å²) in [5.41, 5.74) is 0.268. The Hall–Kier alpha value is -4.23. The Kier molecular flexibility index (Phi) is 7.96. The molecule has 6 rings (SSSR count). The van der Waals surface area contributed by atoms with Gasteiger partial charge >= 0.3 is 11.0 Å². The number of fused-ring (bicyclic) bond motifs is 2. The standard InChI is InChI=1S/C33H27F4N3O4S2/c1-32(2,3)18-10-8-17(9-11-18)24-25-26(29(43)40(28(25)42)20-14-12-19(34)13-15-20)45-30-27(24)46-31(44)39(30)16-23(41)38-22-7-5-4-6-21(22)33(35,36)37/h4-15,24-26H,16H2,1-3H3,(H,38,41)/t24-,25-,26+/m0/s1. The van der Waals surface area contributed by atoms with Crippen molar-refractivity contribution in [3.8, 4) is 0 Å². The van der Waals surface area contributed by atoms with E-state index in [0.29, 0.717) is 15.5 Å². The van der Waals surface area contributed by atoms with E-state index in [4.69, 9.17) is 0 Å². The number of rotatable bonds is 5. The number of alkyl halides is 3. The highest BCUT2D eigenvalue weighted by Gasteiger charge is 2.57. The second-order valence-electron chi connectivity index (χ2n) is 12.1. The Morgan fingerprint density at radius 1 is 0.891 bits per heavy atom. The highest BCUT2D eigenvalue weighted by Crippen LogP contribution is 2.54. The van der Waals surface area contributed by atoms with Crippen LogP contribution in [0.1, 0.15) is 48.3 Å². The van der Waals surface area contributed by atoms with Crippen LogP contribution >= 0.6 is 23.1 Å². The largest absolute Gasteiger partial charge is 0.418 e. The minimum atomic E-state index is -4.71. The van der Waals surface area contributed by atoms with Crippen LogP contribution in [0.3, 0.4) is 0 Å². The van der Waals surface area contributed by atoms with Gasteiger partial charge in [-0.1, -0.05) is 80.3 Å². The van der Waals surface area contributed by atoms with Gasteiger partial charge in [0.1, 0.15) is 17.6 Å².